The molecule has 1 N–H and O–H groups in total. The Bertz CT molecular complexity index is 1130. The Morgan fingerprint density at radius 1 is 0.800 bits per heavy atom. The van der Waals surface area contributed by atoms with Crippen LogP contribution in [0.4, 0.5) is 0 Å². The molecule has 0 aromatic carbocycles. The lowest BCUT2D eigenvalue weighted by Crippen LogP contribution is -2.30. The number of hydrogen-bond donors (Lipinski definition) is 1. The molecule has 0 unspecified atom stereocenters. The molecule has 10 nitrogen and oxygen atoms in total. The number of carbonyl (C=O) groups is 5. The fourth-order valence-corrected chi connectivity index (χ4v) is 3.13. The molecule has 156 valence electrons. The zero-order chi connectivity index (χ0) is 22.5. The standard InChI is InChI=1S/C20H21N5O5/c1-23(2)18(28)9-7-11(19(29)24(3)4)22-15-13(9)14-10(16(26)17(15)27)8-12(21-14)20(30)25(5)6/h7-8,21H,1-6H3. The first kappa shape index (κ1) is 20.9. The van der Waals surface area contributed by atoms with Gasteiger partial charge in [0.15, 0.2) is 0 Å². The van der Waals surface area contributed by atoms with Crippen LogP contribution in [0.25, 0.3) is 11.3 Å². The first-order chi connectivity index (χ1) is 14.0. The molecular formula is C20H21N5O5. The smallest absolute Gasteiger partial charge is 0.271 e. The van der Waals surface area contributed by atoms with Crippen LogP contribution in [0.2, 0.25) is 0 Å². The molecule has 0 atom stereocenters. The lowest BCUT2D eigenvalue weighted by atomic mass is 9.88. The largest absolute Gasteiger partial charge is 0.350 e. The SMILES string of the molecule is CN(C)C(=O)c1cc(C(=O)N(C)C)c2c(n1)C(=O)C(=O)c1cc(C(=O)N(C)C)[nH]c1-2. The van der Waals surface area contributed by atoms with Gasteiger partial charge in [0.25, 0.3) is 23.5 Å². The number of aromatic nitrogens is 2. The molecule has 3 amide bonds. The maximum atomic E-state index is 12.9. The normalized spacial score (nSPS) is 12.2. The van der Waals surface area contributed by atoms with Crippen LogP contribution in [-0.2, 0) is 0 Å². The van der Waals surface area contributed by atoms with Crippen molar-refractivity contribution in [3.8, 4) is 11.3 Å². The van der Waals surface area contributed by atoms with Gasteiger partial charge in [0, 0.05) is 47.8 Å². The Hall–Kier alpha value is -3.82. The van der Waals surface area contributed by atoms with E-state index in [0.29, 0.717) is 0 Å². The highest BCUT2D eigenvalue weighted by atomic mass is 16.2. The molecule has 0 radical (unpaired) electrons. The molecule has 0 fully saturated rings. The van der Waals surface area contributed by atoms with Crippen LogP contribution in [0, 0.1) is 0 Å². The van der Waals surface area contributed by atoms with Crippen molar-refractivity contribution in [2.45, 2.75) is 0 Å². The van der Waals surface area contributed by atoms with Gasteiger partial charge in [0.05, 0.1) is 16.8 Å². The monoisotopic (exact) mass is 411 g/mol. The van der Waals surface area contributed by atoms with Crippen LogP contribution in [0.3, 0.4) is 0 Å². The maximum absolute atomic E-state index is 12.9. The number of carbonyl (C=O) groups excluding carboxylic acids is 5. The number of rotatable bonds is 3. The molecule has 2 aromatic rings. The van der Waals surface area contributed by atoms with Crippen molar-refractivity contribution in [3.63, 3.8) is 0 Å². The topological polar surface area (TPSA) is 124 Å². The Balaban J connectivity index is 2.37. The average molecular weight is 411 g/mol. The third-order valence-corrected chi connectivity index (χ3v) is 4.65. The van der Waals surface area contributed by atoms with Crippen molar-refractivity contribution in [1.82, 2.24) is 24.7 Å². The quantitative estimate of drug-likeness (QED) is 0.736. The summed E-state index contributed by atoms with van der Waals surface area (Å²) in [6, 6.07) is 2.59. The molecule has 1 aliphatic carbocycles. The minimum Gasteiger partial charge on any atom is -0.350 e. The highest BCUT2D eigenvalue weighted by Crippen LogP contribution is 2.36. The fourth-order valence-electron chi connectivity index (χ4n) is 3.13. The molecule has 2 aromatic heterocycles. The van der Waals surface area contributed by atoms with Gasteiger partial charge in [0.2, 0.25) is 5.78 Å². The van der Waals surface area contributed by atoms with Crippen LogP contribution in [0.5, 0.6) is 0 Å². The molecule has 1 aliphatic rings. The van der Waals surface area contributed by atoms with Gasteiger partial charge in [-0.1, -0.05) is 0 Å². The molecule has 10 heteroatoms. The molecule has 30 heavy (non-hydrogen) atoms. The van der Waals surface area contributed by atoms with E-state index in [9.17, 15) is 24.0 Å². The molecule has 0 saturated carbocycles. The highest BCUT2D eigenvalue weighted by molar-refractivity contribution is 6.53. The lowest BCUT2D eigenvalue weighted by molar-refractivity contribution is 0.0800. The fraction of sp³-hybridized carbons (Fsp3) is 0.300. The summed E-state index contributed by atoms with van der Waals surface area (Å²) < 4.78 is 0. The number of nitrogens with zero attached hydrogens (tertiary/aromatic N) is 4. The summed E-state index contributed by atoms with van der Waals surface area (Å²) in [7, 11) is 9.15. The molecule has 0 aliphatic heterocycles. The zero-order valence-corrected chi connectivity index (χ0v) is 17.5. The second-order valence-electron chi connectivity index (χ2n) is 7.51. The van der Waals surface area contributed by atoms with Gasteiger partial charge in [-0.05, 0) is 12.1 Å². The van der Waals surface area contributed by atoms with E-state index in [4.69, 9.17) is 0 Å². The maximum Gasteiger partial charge on any atom is 0.271 e. The minimum absolute atomic E-state index is 0.0148. The minimum atomic E-state index is -0.943. The van der Waals surface area contributed by atoms with Gasteiger partial charge >= 0.3 is 0 Å². The second-order valence-corrected chi connectivity index (χ2v) is 7.51. The first-order valence-electron chi connectivity index (χ1n) is 8.98. The lowest BCUT2D eigenvalue weighted by Gasteiger charge is -2.21. The van der Waals surface area contributed by atoms with Crippen molar-refractivity contribution in [3.05, 3.63) is 40.3 Å². The number of aromatic amines is 1. The van der Waals surface area contributed by atoms with Gasteiger partial charge in [0.1, 0.15) is 17.1 Å². The predicted octanol–water partition coefficient (Wildman–Crippen LogP) is 0.561. The van der Waals surface area contributed by atoms with E-state index < -0.39 is 29.3 Å². The van der Waals surface area contributed by atoms with Gasteiger partial charge in [-0.2, -0.15) is 0 Å². The molecule has 3 rings (SSSR count). The molecule has 0 bridgehead atoms. The third kappa shape index (κ3) is 3.15. The number of fused-ring (bicyclic) bond motifs is 3. The summed E-state index contributed by atoms with van der Waals surface area (Å²) in [4.78, 5) is 74.0. The van der Waals surface area contributed by atoms with Crippen LogP contribution in [-0.4, -0.2) is 96.2 Å². The van der Waals surface area contributed by atoms with Crippen LogP contribution in [0.15, 0.2) is 12.1 Å². The highest BCUT2D eigenvalue weighted by Gasteiger charge is 2.38. The van der Waals surface area contributed by atoms with E-state index in [-0.39, 0.29) is 39.5 Å². The summed E-state index contributed by atoms with van der Waals surface area (Å²) in [5.74, 6) is -3.21. The van der Waals surface area contributed by atoms with Gasteiger partial charge in [-0.3, -0.25) is 24.0 Å². The number of Topliss-reactive ketones (excluding diaryl/α,β-unsaturated/α-hetero) is 2. The van der Waals surface area contributed by atoms with E-state index in [1.807, 2.05) is 0 Å². The summed E-state index contributed by atoms with van der Waals surface area (Å²) in [5, 5.41) is 0. The Morgan fingerprint density at radius 2 is 1.37 bits per heavy atom. The van der Waals surface area contributed by atoms with Crippen molar-refractivity contribution in [1.29, 1.82) is 0 Å². The number of nitrogens with one attached hydrogen (secondary N) is 1. The van der Waals surface area contributed by atoms with Crippen molar-refractivity contribution < 1.29 is 24.0 Å². The summed E-state index contributed by atoms with van der Waals surface area (Å²) in [6.45, 7) is 0. The Labute approximate surface area is 172 Å². The summed E-state index contributed by atoms with van der Waals surface area (Å²) in [6.07, 6.45) is 0. The van der Waals surface area contributed by atoms with Gasteiger partial charge in [-0.15, -0.1) is 0 Å². The summed E-state index contributed by atoms with van der Waals surface area (Å²) in [5.41, 5.74) is -0.0683. The number of H-pyrrole nitrogens is 1. The van der Waals surface area contributed by atoms with Crippen molar-refractivity contribution >= 4 is 29.3 Å². The Kier molecular flexibility index (Phi) is 5.03. The van der Waals surface area contributed by atoms with Crippen molar-refractivity contribution in [2.75, 3.05) is 42.3 Å². The Morgan fingerprint density at radius 3 is 1.90 bits per heavy atom. The molecule has 0 spiro atoms. The van der Waals surface area contributed by atoms with Gasteiger partial charge in [-0.25, -0.2) is 4.98 Å². The number of hydrogen-bond acceptors (Lipinski definition) is 6. The van der Waals surface area contributed by atoms with Crippen LogP contribution >= 0.6 is 0 Å². The zero-order valence-electron chi connectivity index (χ0n) is 17.5. The van der Waals surface area contributed by atoms with E-state index >= 15 is 0 Å². The van der Waals surface area contributed by atoms with E-state index in [0.717, 1.165) is 0 Å². The van der Waals surface area contributed by atoms with Gasteiger partial charge < -0.3 is 19.7 Å². The van der Waals surface area contributed by atoms with Crippen LogP contribution < -0.4 is 0 Å². The van der Waals surface area contributed by atoms with E-state index in [1.54, 1.807) is 14.1 Å². The predicted molar refractivity (Wildman–Crippen MR) is 107 cm³/mol. The van der Waals surface area contributed by atoms with Crippen molar-refractivity contribution in [2.24, 2.45) is 0 Å². The number of amides is 3. The average Bonchev–Trinajstić information content (AvgIpc) is 3.14. The number of pyridine rings is 1. The molecular weight excluding hydrogens is 390 g/mol. The number of ketones is 2. The van der Waals surface area contributed by atoms with E-state index in [2.05, 4.69) is 9.97 Å². The van der Waals surface area contributed by atoms with Crippen LogP contribution in [0.1, 0.15) is 52.2 Å². The van der Waals surface area contributed by atoms with E-state index in [1.165, 1.54) is 55.0 Å². The first-order valence-corrected chi connectivity index (χ1v) is 8.98. The second kappa shape index (κ2) is 7.21. The molecule has 0 saturated heterocycles. The third-order valence-electron chi connectivity index (χ3n) is 4.65. The molecule has 2 heterocycles. The summed E-state index contributed by atoms with van der Waals surface area (Å²) >= 11 is 0.